The average molecular weight is 395 g/mol. The van der Waals surface area contributed by atoms with Crippen LogP contribution in [0.1, 0.15) is 29.8 Å². The molecule has 1 aromatic heterocycles. The number of carbonyl (C=O) groups is 1. The molecule has 4 rings (SSSR count). The highest BCUT2D eigenvalue weighted by Crippen LogP contribution is 2.32. The van der Waals surface area contributed by atoms with Crippen molar-refractivity contribution in [2.45, 2.75) is 33.0 Å². The number of benzene rings is 2. The van der Waals surface area contributed by atoms with Gasteiger partial charge in [-0.25, -0.2) is 4.98 Å². The molecule has 4 nitrogen and oxygen atoms in total. The van der Waals surface area contributed by atoms with Crippen molar-refractivity contribution in [1.82, 2.24) is 9.88 Å². The lowest BCUT2D eigenvalue weighted by Gasteiger charge is -2.36. The molecule has 28 heavy (non-hydrogen) atoms. The molecule has 2 heterocycles. The van der Waals surface area contributed by atoms with Crippen molar-refractivity contribution in [2.75, 3.05) is 13.1 Å². The number of halogens is 1. The summed E-state index contributed by atoms with van der Waals surface area (Å²) in [5.74, 6) is 0.0291. The second-order valence-electron chi connectivity index (χ2n) is 7.46. The lowest BCUT2D eigenvalue weighted by Crippen LogP contribution is -2.48. The van der Waals surface area contributed by atoms with Crippen LogP contribution in [0, 0.1) is 6.92 Å². The molecule has 0 unspecified atom stereocenters. The number of amides is 1. The Bertz CT molecular complexity index is 1040. The molecule has 2 atom stereocenters. The van der Waals surface area contributed by atoms with Gasteiger partial charge < -0.3 is 9.64 Å². The predicted octanol–water partition coefficient (Wildman–Crippen LogP) is 5.11. The van der Waals surface area contributed by atoms with E-state index in [0.717, 1.165) is 27.7 Å². The molecule has 0 N–H and O–H groups in total. The molecule has 0 bridgehead atoms. The van der Waals surface area contributed by atoms with Crippen LogP contribution in [0.3, 0.4) is 0 Å². The number of carbonyl (C=O) groups excluding carboxylic acids is 1. The minimum Gasteiger partial charge on any atom is -0.372 e. The van der Waals surface area contributed by atoms with Crippen molar-refractivity contribution in [3.05, 3.63) is 64.7 Å². The van der Waals surface area contributed by atoms with Crippen molar-refractivity contribution in [3.8, 4) is 11.3 Å². The topological polar surface area (TPSA) is 42.4 Å². The molecule has 0 saturated carbocycles. The van der Waals surface area contributed by atoms with Gasteiger partial charge in [0.2, 0.25) is 0 Å². The van der Waals surface area contributed by atoms with E-state index in [1.165, 1.54) is 0 Å². The van der Waals surface area contributed by atoms with Crippen LogP contribution in [0.15, 0.2) is 48.5 Å². The van der Waals surface area contributed by atoms with Crippen LogP contribution in [0.4, 0.5) is 0 Å². The zero-order valence-electron chi connectivity index (χ0n) is 16.3. The maximum absolute atomic E-state index is 13.6. The Hall–Kier alpha value is -2.43. The third kappa shape index (κ3) is 3.50. The number of hydrogen-bond donors (Lipinski definition) is 0. The van der Waals surface area contributed by atoms with Gasteiger partial charge in [0, 0.05) is 29.1 Å². The number of nitrogens with zero attached hydrogens (tertiary/aromatic N) is 2. The molecule has 1 aliphatic heterocycles. The molecule has 2 aromatic carbocycles. The number of ether oxygens (including phenoxy) is 1. The lowest BCUT2D eigenvalue weighted by atomic mass is 9.96. The average Bonchev–Trinajstić information content (AvgIpc) is 2.66. The van der Waals surface area contributed by atoms with E-state index in [0.29, 0.717) is 23.7 Å². The van der Waals surface area contributed by atoms with E-state index < -0.39 is 0 Å². The first kappa shape index (κ1) is 18.9. The molecule has 1 fully saturated rings. The fourth-order valence-electron chi connectivity index (χ4n) is 4.00. The number of para-hydroxylation sites is 1. The second kappa shape index (κ2) is 7.53. The number of pyridine rings is 1. The molecule has 0 spiro atoms. The van der Waals surface area contributed by atoms with Crippen molar-refractivity contribution < 1.29 is 9.53 Å². The van der Waals surface area contributed by atoms with Gasteiger partial charge in [0.1, 0.15) is 0 Å². The summed E-state index contributed by atoms with van der Waals surface area (Å²) in [5, 5.41) is 1.53. The van der Waals surface area contributed by atoms with E-state index in [-0.39, 0.29) is 18.1 Å². The molecule has 144 valence electrons. The van der Waals surface area contributed by atoms with Gasteiger partial charge in [0.05, 0.1) is 29.0 Å². The minimum atomic E-state index is 0.0218. The molecule has 3 aromatic rings. The highest BCUT2D eigenvalue weighted by atomic mass is 35.5. The van der Waals surface area contributed by atoms with Gasteiger partial charge in [0.25, 0.3) is 5.91 Å². The van der Waals surface area contributed by atoms with Crippen molar-refractivity contribution in [3.63, 3.8) is 0 Å². The van der Waals surface area contributed by atoms with Crippen LogP contribution in [0.25, 0.3) is 22.2 Å². The van der Waals surface area contributed by atoms with E-state index in [4.69, 9.17) is 21.3 Å². The van der Waals surface area contributed by atoms with E-state index >= 15 is 0 Å². The highest BCUT2D eigenvalue weighted by molar-refractivity contribution is 6.30. The van der Waals surface area contributed by atoms with Gasteiger partial charge >= 0.3 is 0 Å². The Morgan fingerprint density at radius 3 is 2.54 bits per heavy atom. The fourth-order valence-corrected chi connectivity index (χ4v) is 4.19. The first-order chi connectivity index (χ1) is 13.4. The van der Waals surface area contributed by atoms with Crippen LogP contribution in [-0.4, -0.2) is 41.1 Å². The van der Waals surface area contributed by atoms with Crippen LogP contribution in [0.5, 0.6) is 0 Å². The highest BCUT2D eigenvalue weighted by Gasteiger charge is 2.29. The standard InChI is InChI=1S/C23H23ClN2O2/c1-14-12-26(13-15(2)28-14)23(27)21-16(3)22(17-7-6-8-18(24)11-17)25-20-10-5-4-9-19(20)21/h4-11,14-15H,12-13H2,1-3H3/t14-,15+. The smallest absolute Gasteiger partial charge is 0.255 e. The SMILES string of the molecule is Cc1c(-c2cccc(Cl)c2)nc2ccccc2c1C(=O)N1C[C@@H](C)O[C@@H](C)C1. The number of rotatable bonds is 2. The Labute approximate surface area is 170 Å². The maximum atomic E-state index is 13.6. The van der Waals surface area contributed by atoms with Crippen molar-refractivity contribution in [1.29, 1.82) is 0 Å². The molecule has 0 radical (unpaired) electrons. The Morgan fingerprint density at radius 1 is 1.11 bits per heavy atom. The summed E-state index contributed by atoms with van der Waals surface area (Å²) in [6.45, 7) is 7.16. The molecule has 1 saturated heterocycles. The zero-order valence-corrected chi connectivity index (χ0v) is 17.0. The summed E-state index contributed by atoms with van der Waals surface area (Å²) >= 11 is 6.20. The van der Waals surface area contributed by atoms with Gasteiger partial charge in [-0.2, -0.15) is 0 Å². The predicted molar refractivity (Wildman–Crippen MR) is 113 cm³/mol. The molecule has 0 aliphatic carbocycles. The first-order valence-electron chi connectivity index (χ1n) is 9.54. The maximum Gasteiger partial charge on any atom is 0.255 e. The Kier molecular flexibility index (Phi) is 5.09. The van der Waals surface area contributed by atoms with Crippen molar-refractivity contribution in [2.24, 2.45) is 0 Å². The largest absolute Gasteiger partial charge is 0.372 e. The van der Waals surface area contributed by atoms with E-state index in [9.17, 15) is 4.79 Å². The van der Waals surface area contributed by atoms with Gasteiger partial charge in [-0.15, -0.1) is 0 Å². The van der Waals surface area contributed by atoms with E-state index in [2.05, 4.69) is 0 Å². The third-order valence-corrected chi connectivity index (χ3v) is 5.39. The fraction of sp³-hybridized carbons (Fsp3) is 0.304. The molecule has 1 aliphatic rings. The summed E-state index contributed by atoms with van der Waals surface area (Å²) in [7, 11) is 0. The van der Waals surface area contributed by atoms with Gasteiger partial charge in [-0.1, -0.05) is 41.9 Å². The molecular weight excluding hydrogens is 372 g/mol. The minimum absolute atomic E-state index is 0.0218. The number of hydrogen-bond acceptors (Lipinski definition) is 3. The summed E-state index contributed by atoms with van der Waals surface area (Å²) in [4.78, 5) is 20.3. The monoisotopic (exact) mass is 394 g/mol. The van der Waals surface area contributed by atoms with Crippen LogP contribution >= 0.6 is 11.6 Å². The first-order valence-corrected chi connectivity index (χ1v) is 9.92. The van der Waals surface area contributed by atoms with Gasteiger partial charge in [-0.3, -0.25) is 4.79 Å². The van der Waals surface area contributed by atoms with Gasteiger partial charge in [-0.05, 0) is 44.5 Å². The Morgan fingerprint density at radius 2 is 1.82 bits per heavy atom. The zero-order chi connectivity index (χ0) is 19.8. The second-order valence-corrected chi connectivity index (χ2v) is 7.89. The third-order valence-electron chi connectivity index (χ3n) is 5.15. The summed E-state index contributed by atoms with van der Waals surface area (Å²) in [6, 6.07) is 15.4. The number of aromatic nitrogens is 1. The molecule has 5 heteroatoms. The van der Waals surface area contributed by atoms with Crippen molar-refractivity contribution >= 4 is 28.4 Å². The summed E-state index contributed by atoms with van der Waals surface area (Å²) in [6.07, 6.45) is 0.0435. The Balaban J connectivity index is 1.89. The van der Waals surface area contributed by atoms with Crippen LogP contribution in [-0.2, 0) is 4.74 Å². The number of fused-ring (bicyclic) bond motifs is 1. The summed E-state index contributed by atoms with van der Waals surface area (Å²) < 4.78 is 5.81. The summed E-state index contributed by atoms with van der Waals surface area (Å²) in [5.41, 5.74) is 4.09. The lowest BCUT2D eigenvalue weighted by molar-refractivity contribution is -0.0585. The van der Waals surface area contributed by atoms with E-state index in [1.54, 1.807) is 0 Å². The van der Waals surface area contributed by atoms with Crippen LogP contribution < -0.4 is 0 Å². The molecular formula is C23H23ClN2O2. The quantitative estimate of drug-likeness (QED) is 0.606. The molecule has 1 amide bonds. The van der Waals surface area contributed by atoms with E-state index in [1.807, 2.05) is 74.2 Å². The van der Waals surface area contributed by atoms with Crippen LogP contribution in [0.2, 0.25) is 5.02 Å². The number of morpholine rings is 1. The normalized spacial score (nSPS) is 19.8. The van der Waals surface area contributed by atoms with Gasteiger partial charge in [0.15, 0.2) is 0 Å².